The molecule has 0 unspecified atom stereocenters. The van der Waals surface area contributed by atoms with E-state index in [1.54, 1.807) is 0 Å². The molecule has 3 atom stereocenters. The third-order valence-electron chi connectivity index (χ3n) is 4.77. The molecule has 2 heterocycles. The average Bonchev–Trinajstić information content (AvgIpc) is 3.32. The van der Waals surface area contributed by atoms with Crippen molar-refractivity contribution >= 4 is 18.0 Å². The van der Waals surface area contributed by atoms with E-state index < -0.39 is 30.4 Å². The molecule has 2 saturated heterocycles. The number of esters is 1. The van der Waals surface area contributed by atoms with Crippen LogP contribution < -0.4 is 5.32 Å². The van der Waals surface area contributed by atoms with Gasteiger partial charge in [-0.2, -0.15) is 0 Å². The molecule has 3 rings (SSSR count). The number of benzene rings is 1. The number of hydrogen-bond acceptors (Lipinski definition) is 6. The van der Waals surface area contributed by atoms with Gasteiger partial charge in [-0.05, 0) is 24.8 Å². The predicted octanol–water partition coefficient (Wildman–Crippen LogP) is 1.97. The van der Waals surface area contributed by atoms with E-state index in [9.17, 15) is 14.4 Å². The summed E-state index contributed by atoms with van der Waals surface area (Å²) in [5, 5.41) is 2.81. The lowest BCUT2D eigenvalue weighted by Gasteiger charge is -2.26. The maximum atomic E-state index is 12.7. The van der Waals surface area contributed by atoms with Crippen molar-refractivity contribution in [1.29, 1.82) is 0 Å². The number of carbonyl (C=O) groups excluding carboxylic acids is 3. The van der Waals surface area contributed by atoms with Crippen molar-refractivity contribution in [3.05, 3.63) is 35.9 Å². The molecule has 8 nitrogen and oxygen atoms in total. The number of nitrogens with one attached hydrogen (secondary N) is 1. The minimum Gasteiger partial charge on any atom is -0.445 e. The number of cyclic esters (lactones) is 1. The molecule has 0 bridgehead atoms. The zero-order chi connectivity index (χ0) is 19.9. The van der Waals surface area contributed by atoms with Gasteiger partial charge in [-0.25, -0.2) is 4.79 Å². The van der Waals surface area contributed by atoms with E-state index in [-0.39, 0.29) is 18.9 Å². The lowest BCUT2D eigenvalue weighted by molar-refractivity contribution is -0.165. The van der Waals surface area contributed by atoms with Crippen LogP contribution in [0.1, 0.15) is 38.2 Å². The van der Waals surface area contributed by atoms with Crippen molar-refractivity contribution in [2.24, 2.45) is 0 Å². The van der Waals surface area contributed by atoms with Gasteiger partial charge in [-0.15, -0.1) is 0 Å². The van der Waals surface area contributed by atoms with Gasteiger partial charge in [0.2, 0.25) is 12.2 Å². The number of nitrogens with zero attached hydrogens (tertiary/aromatic N) is 1. The number of likely N-dealkylation sites (tertiary alicyclic amines) is 1. The third kappa shape index (κ3) is 5.01. The summed E-state index contributed by atoms with van der Waals surface area (Å²) in [4.78, 5) is 38.2. The Morgan fingerprint density at radius 1 is 1.29 bits per heavy atom. The van der Waals surface area contributed by atoms with Crippen LogP contribution in [0.15, 0.2) is 30.3 Å². The fraction of sp³-hybridized carbons (Fsp3) is 0.550. The molecular formula is C20H26N2O6. The molecular weight excluding hydrogens is 364 g/mol. The SMILES string of the molecule is CCCO[C@@H]1OC(=O)C[C@@H]1NC(=O)[C@@H]1CCCN1C(=O)OCc1ccccc1. The lowest BCUT2D eigenvalue weighted by atomic mass is 10.1. The quantitative estimate of drug-likeness (QED) is 0.716. The first-order valence-corrected chi connectivity index (χ1v) is 9.67. The number of rotatable bonds is 7. The Balaban J connectivity index is 1.54. The van der Waals surface area contributed by atoms with Crippen LogP contribution in [0.4, 0.5) is 4.79 Å². The minimum absolute atomic E-state index is 0.0608. The van der Waals surface area contributed by atoms with Crippen LogP contribution in [0.5, 0.6) is 0 Å². The van der Waals surface area contributed by atoms with Crippen LogP contribution >= 0.6 is 0 Å². The molecule has 1 N–H and O–H groups in total. The standard InChI is InChI=1S/C20H26N2O6/c1-2-11-26-19-15(12-17(23)28-19)21-18(24)16-9-6-10-22(16)20(25)27-13-14-7-4-3-5-8-14/h3-5,7-8,15-16,19H,2,6,9-13H2,1H3,(H,21,24)/t15-,16-,19+/m0/s1. The minimum atomic E-state index is -0.781. The molecule has 1 aromatic carbocycles. The highest BCUT2D eigenvalue weighted by Gasteiger charge is 2.41. The fourth-order valence-electron chi connectivity index (χ4n) is 3.38. The Bertz CT molecular complexity index is 695. The molecule has 8 heteroatoms. The van der Waals surface area contributed by atoms with E-state index in [0.29, 0.717) is 26.0 Å². The predicted molar refractivity (Wildman–Crippen MR) is 99.0 cm³/mol. The molecule has 0 radical (unpaired) electrons. The summed E-state index contributed by atoms with van der Waals surface area (Å²) < 4.78 is 16.0. The molecule has 2 aliphatic rings. The topological polar surface area (TPSA) is 94.2 Å². The zero-order valence-corrected chi connectivity index (χ0v) is 16.0. The molecule has 0 saturated carbocycles. The van der Waals surface area contributed by atoms with Gasteiger partial charge in [0.25, 0.3) is 0 Å². The summed E-state index contributed by atoms with van der Waals surface area (Å²) in [6, 6.07) is 8.21. The van der Waals surface area contributed by atoms with E-state index in [1.165, 1.54) is 4.90 Å². The number of carbonyl (C=O) groups is 3. The summed E-state index contributed by atoms with van der Waals surface area (Å²) >= 11 is 0. The van der Waals surface area contributed by atoms with Crippen LogP contribution in [0.2, 0.25) is 0 Å². The van der Waals surface area contributed by atoms with Crippen LogP contribution in [0, 0.1) is 0 Å². The second kappa shape index (κ2) is 9.54. The van der Waals surface area contributed by atoms with Crippen LogP contribution in [-0.2, 0) is 30.4 Å². The molecule has 0 aliphatic carbocycles. The lowest BCUT2D eigenvalue weighted by Crippen LogP contribution is -2.51. The Labute approximate surface area is 164 Å². The maximum Gasteiger partial charge on any atom is 0.410 e. The van der Waals surface area contributed by atoms with Crippen molar-refractivity contribution < 1.29 is 28.6 Å². The summed E-state index contributed by atoms with van der Waals surface area (Å²) in [6.07, 6.45) is 0.808. The van der Waals surface area contributed by atoms with Crippen molar-refractivity contribution in [3.63, 3.8) is 0 Å². The second-order valence-corrected chi connectivity index (χ2v) is 6.94. The Hall–Kier alpha value is -2.61. The van der Waals surface area contributed by atoms with Gasteiger partial charge in [0.05, 0.1) is 13.0 Å². The Kier molecular flexibility index (Phi) is 6.86. The largest absolute Gasteiger partial charge is 0.445 e. The Morgan fingerprint density at radius 2 is 2.07 bits per heavy atom. The molecule has 28 heavy (non-hydrogen) atoms. The number of hydrogen-bond donors (Lipinski definition) is 1. The highest BCUT2D eigenvalue weighted by molar-refractivity contribution is 5.87. The summed E-state index contributed by atoms with van der Waals surface area (Å²) in [5.74, 6) is -0.723. The number of amides is 2. The molecule has 2 aliphatic heterocycles. The number of ether oxygens (including phenoxy) is 3. The van der Waals surface area contributed by atoms with E-state index in [2.05, 4.69) is 5.32 Å². The van der Waals surface area contributed by atoms with Gasteiger partial charge >= 0.3 is 12.1 Å². The highest BCUT2D eigenvalue weighted by atomic mass is 16.7. The normalized spacial score (nSPS) is 24.1. The van der Waals surface area contributed by atoms with Crippen LogP contribution in [0.25, 0.3) is 0 Å². The van der Waals surface area contributed by atoms with E-state index in [0.717, 1.165) is 12.0 Å². The van der Waals surface area contributed by atoms with Gasteiger partial charge < -0.3 is 19.5 Å². The summed E-state index contributed by atoms with van der Waals surface area (Å²) in [7, 11) is 0. The molecule has 0 spiro atoms. The van der Waals surface area contributed by atoms with E-state index in [1.807, 2.05) is 37.3 Å². The van der Waals surface area contributed by atoms with Gasteiger partial charge in [-0.3, -0.25) is 14.5 Å². The second-order valence-electron chi connectivity index (χ2n) is 6.94. The van der Waals surface area contributed by atoms with Gasteiger partial charge in [0, 0.05) is 6.54 Å². The maximum absolute atomic E-state index is 12.7. The van der Waals surface area contributed by atoms with Gasteiger partial charge in [0.1, 0.15) is 18.7 Å². The summed E-state index contributed by atoms with van der Waals surface area (Å²) in [5.41, 5.74) is 0.883. The molecule has 0 aromatic heterocycles. The molecule has 2 fully saturated rings. The third-order valence-corrected chi connectivity index (χ3v) is 4.77. The van der Waals surface area contributed by atoms with Crippen molar-refractivity contribution in [3.8, 4) is 0 Å². The Morgan fingerprint density at radius 3 is 2.82 bits per heavy atom. The molecule has 152 valence electrons. The zero-order valence-electron chi connectivity index (χ0n) is 16.0. The van der Waals surface area contributed by atoms with Crippen molar-refractivity contribution in [2.45, 2.75) is 57.6 Å². The first kappa shape index (κ1) is 20.1. The average molecular weight is 390 g/mol. The van der Waals surface area contributed by atoms with Crippen LogP contribution in [-0.4, -0.2) is 54.4 Å². The van der Waals surface area contributed by atoms with Gasteiger partial charge in [0.15, 0.2) is 0 Å². The first-order valence-electron chi connectivity index (χ1n) is 9.67. The van der Waals surface area contributed by atoms with E-state index in [4.69, 9.17) is 14.2 Å². The van der Waals surface area contributed by atoms with E-state index >= 15 is 0 Å². The van der Waals surface area contributed by atoms with Crippen molar-refractivity contribution in [2.75, 3.05) is 13.2 Å². The van der Waals surface area contributed by atoms with Crippen molar-refractivity contribution in [1.82, 2.24) is 10.2 Å². The first-order chi connectivity index (χ1) is 13.6. The van der Waals surface area contributed by atoms with Crippen LogP contribution in [0.3, 0.4) is 0 Å². The fourth-order valence-corrected chi connectivity index (χ4v) is 3.38. The molecule has 2 amide bonds. The monoisotopic (exact) mass is 390 g/mol. The smallest absolute Gasteiger partial charge is 0.410 e. The highest BCUT2D eigenvalue weighted by Crippen LogP contribution is 2.22. The molecule has 1 aromatic rings. The summed E-state index contributed by atoms with van der Waals surface area (Å²) in [6.45, 7) is 3.00. The van der Waals surface area contributed by atoms with Gasteiger partial charge in [-0.1, -0.05) is 37.3 Å².